The molecule has 0 aromatic heterocycles. The van der Waals surface area contributed by atoms with Crippen LogP contribution in [0, 0.1) is 0 Å². The van der Waals surface area contributed by atoms with Crippen LogP contribution in [0.1, 0.15) is 323 Å². The molecule has 0 spiro atoms. The van der Waals surface area contributed by atoms with Crippen molar-refractivity contribution in [3.05, 3.63) is 24.3 Å². The zero-order valence-corrected chi connectivity index (χ0v) is 44.5. The highest BCUT2D eigenvalue weighted by Gasteiger charge is 2.19. The van der Waals surface area contributed by atoms with Crippen LogP contribution in [0.4, 0.5) is 0 Å². The molecule has 0 saturated carbocycles. The summed E-state index contributed by atoms with van der Waals surface area (Å²) in [5, 5.41) is 0. The van der Waals surface area contributed by atoms with Gasteiger partial charge in [0.1, 0.15) is 13.2 Å². The number of esters is 3. The smallest absolute Gasteiger partial charge is 0.306 e. The molecule has 1 unspecified atom stereocenters. The van der Waals surface area contributed by atoms with Crippen molar-refractivity contribution in [1.29, 1.82) is 0 Å². The van der Waals surface area contributed by atoms with Crippen LogP contribution >= 0.6 is 0 Å². The molecule has 66 heavy (non-hydrogen) atoms. The summed E-state index contributed by atoms with van der Waals surface area (Å²) in [6.45, 7) is 6.59. The highest BCUT2D eigenvalue weighted by Crippen LogP contribution is 2.17. The average Bonchev–Trinajstić information content (AvgIpc) is 3.31. The van der Waals surface area contributed by atoms with Gasteiger partial charge in [-0.05, 0) is 44.9 Å². The molecule has 0 heterocycles. The zero-order valence-electron chi connectivity index (χ0n) is 44.5. The molecule has 0 aliphatic heterocycles. The predicted molar refractivity (Wildman–Crippen MR) is 284 cm³/mol. The van der Waals surface area contributed by atoms with Gasteiger partial charge in [-0.25, -0.2) is 0 Å². The molecule has 388 valence electrons. The van der Waals surface area contributed by atoms with Crippen LogP contribution in [-0.4, -0.2) is 37.2 Å². The Kier molecular flexibility index (Phi) is 53.7. The first kappa shape index (κ1) is 63.9. The monoisotopic (exact) mass is 929 g/mol. The van der Waals surface area contributed by atoms with Crippen molar-refractivity contribution in [1.82, 2.24) is 0 Å². The van der Waals surface area contributed by atoms with Gasteiger partial charge in [-0.15, -0.1) is 0 Å². The summed E-state index contributed by atoms with van der Waals surface area (Å²) in [4.78, 5) is 38.1. The largest absolute Gasteiger partial charge is 0.462 e. The molecule has 0 saturated heterocycles. The molecule has 0 aliphatic carbocycles. The minimum Gasteiger partial charge on any atom is -0.462 e. The third kappa shape index (κ3) is 52.9. The van der Waals surface area contributed by atoms with Gasteiger partial charge in [-0.3, -0.25) is 14.4 Å². The molecule has 0 fully saturated rings. The number of unbranched alkanes of at least 4 members (excludes halogenated alkanes) is 39. The highest BCUT2D eigenvalue weighted by atomic mass is 16.6. The van der Waals surface area contributed by atoms with Crippen LogP contribution in [-0.2, 0) is 28.6 Å². The van der Waals surface area contributed by atoms with E-state index in [1.165, 1.54) is 205 Å². The summed E-state index contributed by atoms with van der Waals surface area (Å²) in [5.74, 6) is -0.853. The summed E-state index contributed by atoms with van der Waals surface area (Å²) in [6.07, 6.45) is 64.6. The fraction of sp³-hybridized carbons (Fsp3) is 0.883. The lowest BCUT2D eigenvalue weighted by atomic mass is 10.0. The lowest BCUT2D eigenvalue weighted by Crippen LogP contribution is -2.30. The van der Waals surface area contributed by atoms with Gasteiger partial charge in [-0.1, -0.05) is 283 Å². The Morgan fingerprint density at radius 2 is 0.591 bits per heavy atom. The van der Waals surface area contributed by atoms with Crippen molar-refractivity contribution in [3.63, 3.8) is 0 Å². The van der Waals surface area contributed by atoms with Gasteiger partial charge in [0.15, 0.2) is 6.10 Å². The summed E-state index contributed by atoms with van der Waals surface area (Å²) < 4.78 is 16.9. The van der Waals surface area contributed by atoms with E-state index in [0.717, 1.165) is 77.0 Å². The van der Waals surface area contributed by atoms with Crippen molar-refractivity contribution < 1.29 is 28.6 Å². The van der Waals surface area contributed by atoms with Gasteiger partial charge in [0, 0.05) is 19.3 Å². The van der Waals surface area contributed by atoms with Crippen molar-refractivity contribution in [2.24, 2.45) is 0 Å². The second kappa shape index (κ2) is 55.5. The quantitative estimate of drug-likeness (QED) is 0.0262. The predicted octanol–water partition coefficient (Wildman–Crippen LogP) is 19.5. The third-order valence-electron chi connectivity index (χ3n) is 13.2. The maximum absolute atomic E-state index is 12.8. The van der Waals surface area contributed by atoms with Crippen LogP contribution in [0.15, 0.2) is 24.3 Å². The van der Waals surface area contributed by atoms with E-state index in [1.54, 1.807) is 0 Å². The van der Waals surface area contributed by atoms with E-state index in [2.05, 4.69) is 45.1 Å². The maximum atomic E-state index is 12.8. The molecule has 0 aromatic rings. The molecular weight excluding hydrogens is 817 g/mol. The Hall–Kier alpha value is -2.11. The van der Waals surface area contributed by atoms with Gasteiger partial charge >= 0.3 is 17.9 Å². The maximum Gasteiger partial charge on any atom is 0.306 e. The van der Waals surface area contributed by atoms with Crippen molar-refractivity contribution in [2.45, 2.75) is 329 Å². The molecule has 0 amide bonds. The Balaban J connectivity index is 4.29. The lowest BCUT2D eigenvalue weighted by molar-refractivity contribution is -0.167. The van der Waals surface area contributed by atoms with E-state index in [0.29, 0.717) is 19.3 Å². The molecule has 0 aromatic carbocycles. The van der Waals surface area contributed by atoms with Crippen LogP contribution in [0.2, 0.25) is 0 Å². The van der Waals surface area contributed by atoms with E-state index in [1.807, 2.05) is 0 Å². The lowest BCUT2D eigenvalue weighted by Gasteiger charge is -2.18. The number of rotatable bonds is 54. The molecule has 6 heteroatoms. The highest BCUT2D eigenvalue weighted by molar-refractivity contribution is 5.71. The van der Waals surface area contributed by atoms with Gasteiger partial charge < -0.3 is 14.2 Å². The van der Waals surface area contributed by atoms with Crippen LogP contribution < -0.4 is 0 Å². The van der Waals surface area contributed by atoms with E-state index in [-0.39, 0.29) is 31.1 Å². The number of hydrogen-bond donors (Lipinski definition) is 0. The van der Waals surface area contributed by atoms with E-state index < -0.39 is 6.10 Å². The topological polar surface area (TPSA) is 78.9 Å². The first-order chi connectivity index (χ1) is 32.5. The molecule has 0 rings (SSSR count). The second-order valence-electron chi connectivity index (χ2n) is 19.9. The third-order valence-corrected chi connectivity index (χ3v) is 13.2. The van der Waals surface area contributed by atoms with Crippen molar-refractivity contribution in [3.8, 4) is 0 Å². The molecular formula is C60H112O6. The van der Waals surface area contributed by atoms with Gasteiger partial charge in [-0.2, -0.15) is 0 Å². The Labute approximate surface area is 411 Å². The number of carbonyl (C=O) groups is 3. The van der Waals surface area contributed by atoms with Gasteiger partial charge in [0.2, 0.25) is 0 Å². The number of carbonyl (C=O) groups excluding carboxylic acids is 3. The molecule has 6 nitrogen and oxygen atoms in total. The van der Waals surface area contributed by atoms with E-state index in [4.69, 9.17) is 14.2 Å². The molecule has 0 N–H and O–H groups in total. The van der Waals surface area contributed by atoms with Gasteiger partial charge in [0.05, 0.1) is 0 Å². The Morgan fingerprint density at radius 3 is 0.909 bits per heavy atom. The molecule has 0 aliphatic rings. The SMILES string of the molecule is CC/C=C\C/C=C\CCCCCCCCCC(=O)OCC(COC(=O)CCCCCCCCCCCCCCCCCCCCC)OC(=O)CCCCCCCCCCCCCCCCC. The van der Waals surface area contributed by atoms with E-state index in [9.17, 15) is 14.4 Å². The normalized spacial score (nSPS) is 12.1. The number of allylic oxidation sites excluding steroid dienone is 4. The molecule has 0 radical (unpaired) electrons. The summed E-state index contributed by atoms with van der Waals surface area (Å²) in [6, 6.07) is 0. The molecule has 1 atom stereocenters. The Bertz CT molecular complexity index is 1070. The Morgan fingerprint density at radius 1 is 0.318 bits per heavy atom. The minimum atomic E-state index is -0.769. The first-order valence-electron chi connectivity index (χ1n) is 29.3. The molecule has 0 bridgehead atoms. The fourth-order valence-electron chi connectivity index (χ4n) is 8.84. The average molecular weight is 930 g/mol. The van der Waals surface area contributed by atoms with Crippen LogP contribution in [0.25, 0.3) is 0 Å². The second-order valence-corrected chi connectivity index (χ2v) is 19.9. The first-order valence-corrected chi connectivity index (χ1v) is 29.3. The van der Waals surface area contributed by atoms with Crippen LogP contribution in [0.3, 0.4) is 0 Å². The number of ether oxygens (including phenoxy) is 3. The van der Waals surface area contributed by atoms with Crippen molar-refractivity contribution >= 4 is 17.9 Å². The van der Waals surface area contributed by atoms with Crippen molar-refractivity contribution in [2.75, 3.05) is 13.2 Å². The summed E-state index contributed by atoms with van der Waals surface area (Å²) in [5.41, 5.74) is 0. The van der Waals surface area contributed by atoms with Crippen LogP contribution in [0.5, 0.6) is 0 Å². The summed E-state index contributed by atoms with van der Waals surface area (Å²) in [7, 11) is 0. The standard InChI is InChI=1S/C60H112O6/c1-4-7-10-13-16-19-22-25-28-29-30-31-33-35-38-41-44-47-50-53-59(62)65-56-57(55-64-58(61)52-49-46-43-40-37-34-27-24-21-18-15-12-9-6-3)66-60(63)54-51-48-45-42-39-36-32-26-23-20-17-14-11-8-5-2/h9,12,18,21,57H,4-8,10-11,13-17,19-20,22-56H2,1-3H3/b12-9-,21-18-. The zero-order chi connectivity index (χ0) is 47.9. The summed E-state index contributed by atoms with van der Waals surface area (Å²) >= 11 is 0. The van der Waals surface area contributed by atoms with Gasteiger partial charge in [0.25, 0.3) is 0 Å². The fourth-order valence-corrected chi connectivity index (χ4v) is 8.84. The van der Waals surface area contributed by atoms with E-state index >= 15 is 0 Å². The minimum absolute atomic E-state index is 0.0679. The number of hydrogen-bond acceptors (Lipinski definition) is 6.